The Morgan fingerprint density at radius 3 is 2.82 bits per heavy atom. The molecule has 0 radical (unpaired) electrons. The van der Waals surface area contributed by atoms with Gasteiger partial charge in [0, 0.05) is 35.8 Å². The quantitative estimate of drug-likeness (QED) is 0.937. The van der Waals surface area contributed by atoms with E-state index in [0.717, 1.165) is 6.54 Å². The second kappa shape index (κ2) is 5.33. The first-order chi connectivity index (χ1) is 8.08. The number of rotatable bonds is 4. The van der Waals surface area contributed by atoms with Crippen LogP contribution in [0.15, 0.2) is 22.1 Å². The van der Waals surface area contributed by atoms with Gasteiger partial charge in [0.1, 0.15) is 0 Å². The summed E-state index contributed by atoms with van der Waals surface area (Å²) in [6.45, 7) is 5.17. The van der Waals surface area contributed by atoms with E-state index in [2.05, 4.69) is 52.3 Å². The molecule has 5 heteroatoms. The summed E-state index contributed by atoms with van der Waals surface area (Å²) < 4.78 is 3.09. The minimum Gasteiger partial charge on any atom is -0.305 e. The van der Waals surface area contributed by atoms with Crippen molar-refractivity contribution in [3.05, 3.63) is 38.3 Å². The van der Waals surface area contributed by atoms with Crippen LogP contribution in [0, 0.1) is 6.92 Å². The second-order valence-electron chi connectivity index (χ2n) is 4.12. The SMILES string of the molecule is Cc1c(C(C)NCc2ccc(Br)s2)cnn1C. The molecule has 0 aliphatic rings. The Labute approximate surface area is 114 Å². The molecule has 2 aromatic rings. The molecule has 0 spiro atoms. The Bertz CT molecular complexity index is 504. The summed E-state index contributed by atoms with van der Waals surface area (Å²) in [5.41, 5.74) is 2.49. The molecule has 0 bridgehead atoms. The Balaban J connectivity index is 1.98. The van der Waals surface area contributed by atoms with Crippen LogP contribution in [0.2, 0.25) is 0 Å². The van der Waals surface area contributed by atoms with E-state index in [0.29, 0.717) is 6.04 Å². The van der Waals surface area contributed by atoms with Crippen molar-refractivity contribution in [1.29, 1.82) is 0 Å². The molecule has 0 aliphatic carbocycles. The van der Waals surface area contributed by atoms with Gasteiger partial charge in [-0.3, -0.25) is 4.68 Å². The third kappa shape index (κ3) is 2.97. The lowest BCUT2D eigenvalue weighted by molar-refractivity contribution is 0.574. The topological polar surface area (TPSA) is 29.9 Å². The van der Waals surface area contributed by atoms with Crippen LogP contribution in [0.5, 0.6) is 0 Å². The number of thiophene rings is 1. The van der Waals surface area contributed by atoms with E-state index in [4.69, 9.17) is 0 Å². The average molecular weight is 314 g/mol. The zero-order valence-electron chi connectivity index (χ0n) is 10.2. The van der Waals surface area contributed by atoms with Gasteiger partial charge in [0.05, 0.1) is 9.98 Å². The number of aromatic nitrogens is 2. The first-order valence-electron chi connectivity index (χ1n) is 5.54. The first kappa shape index (κ1) is 12.8. The van der Waals surface area contributed by atoms with Crippen LogP contribution in [0.1, 0.15) is 29.1 Å². The molecular weight excluding hydrogens is 298 g/mol. The highest BCUT2D eigenvalue weighted by atomic mass is 79.9. The van der Waals surface area contributed by atoms with Crippen molar-refractivity contribution < 1.29 is 0 Å². The number of hydrogen-bond donors (Lipinski definition) is 1. The summed E-state index contributed by atoms with van der Waals surface area (Å²) in [5.74, 6) is 0. The fourth-order valence-corrected chi connectivity index (χ4v) is 3.19. The number of nitrogens with zero attached hydrogens (tertiary/aromatic N) is 2. The molecule has 1 N–H and O–H groups in total. The van der Waals surface area contributed by atoms with Crippen molar-refractivity contribution in [2.24, 2.45) is 7.05 Å². The molecule has 1 atom stereocenters. The van der Waals surface area contributed by atoms with Crippen molar-refractivity contribution >= 4 is 27.3 Å². The number of nitrogens with one attached hydrogen (secondary N) is 1. The van der Waals surface area contributed by atoms with Gasteiger partial charge in [-0.15, -0.1) is 11.3 Å². The Morgan fingerprint density at radius 1 is 1.53 bits per heavy atom. The standard InChI is InChI=1S/C12H16BrN3S/c1-8(11-7-15-16(3)9(11)2)14-6-10-4-5-12(13)17-10/h4-5,7-8,14H,6H2,1-3H3. The fourth-order valence-electron chi connectivity index (χ4n) is 1.75. The lowest BCUT2D eigenvalue weighted by Crippen LogP contribution is -2.18. The van der Waals surface area contributed by atoms with Crippen LogP contribution in [-0.2, 0) is 13.6 Å². The molecule has 2 rings (SSSR count). The Hall–Kier alpha value is -0.650. The van der Waals surface area contributed by atoms with E-state index in [9.17, 15) is 0 Å². The van der Waals surface area contributed by atoms with E-state index >= 15 is 0 Å². The molecule has 92 valence electrons. The average Bonchev–Trinajstić information content (AvgIpc) is 2.84. The van der Waals surface area contributed by atoms with Crippen molar-refractivity contribution in [3.63, 3.8) is 0 Å². The molecule has 2 heterocycles. The zero-order chi connectivity index (χ0) is 12.4. The van der Waals surface area contributed by atoms with E-state index < -0.39 is 0 Å². The van der Waals surface area contributed by atoms with E-state index in [-0.39, 0.29) is 0 Å². The van der Waals surface area contributed by atoms with Crippen LogP contribution >= 0.6 is 27.3 Å². The van der Waals surface area contributed by atoms with Gasteiger partial charge in [-0.1, -0.05) is 0 Å². The van der Waals surface area contributed by atoms with Crippen LogP contribution in [0.3, 0.4) is 0 Å². The molecule has 0 aliphatic heterocycles. The van der Waals surface area contributed by atoms with Gasteiger partial charge in [-0.25, -0.2) is 0 Å². The molecule has 1 unspecified atom stereocenters. The predicted molar refractivity (Wildman–Crippen MR) is 75.2 cm³/mol. The highest BCUT2D eigenvalue weighted by Gasteiger charge is 2.11. The smallest absolute Gasteiger partial charge is 0.0701 e. The molecule has 0 aromatic carbocycles. The molecule has 0 saturated heterocycles. The molecule has 2 aromatic heterocycles. The molecule has 0 fully saturated rings. The summed E-state index contributed by atoms with van der Waals surface area (Å²) in [5, 5.41) is 7.79. The van der Waals surface area contributed by atoms with Gasteiger partial charge >= 0.3 is 0 Å². The normalized spacial score (nSPS) is 12.9. The molecule has 0 amide bonds. The van der Waals surface area contributed by atoms with Crippen LogP contribution in [0.25, 0.3) is 0 Å². The third-order valence-electron chi connectivity index (χ3n) is 2.95. The fraction of sp³-hybridized carbons (Fsp3) is 0.417. The minimum atomic E-state index is 0.324. The van der Waals surface area contributed by atoms with Gasteiger partial charge in [0.25, 0.3) is 0 Å². The van der Waals surface area contributed by atoms with Crippen molar-refractivity contribution in [2.45, 2.75) is 26.4 Å². The number of aryl methyl sites for hydroxylation is 1. The number of hydrogen-bond acceptors (Lipinski definition) is 3. The van der Waals surface area contributed by atoms with Crippen LogP contribution < -0.4 is 5.32 Å². The number of halogens is 1. The second-order valence-corrected chi connectivity index (χ2v) is 6.66. The first-order valence-corrected chi connectivity index (χ1v) is 7.15. The minimum absolute atomic E-state index is 0.324. The maximum atomic E-state index is 4.27. The Morgan fingerprint density at radius 2 is 2.29 bits per heavy atom. The highest BCUT2D eigenvalue weighted by molar-refractivity contribution is 9.11. The Kier molecular flexibility index (Phi) is 4.01. The third-order valence-corrected chi connectivity index (χ3v) is 4.57. The summed E-state index contributed by atoms with van der Waals surface area (Å²) in [6.07, 6.45) is 1.94. The van der Waals surface area contributed by atoms with Crippen LogP contribution in [0.4, 0.5) is 0 Å². The zero-order valence-corrected chi connectivity index (χ0v) is 12.6. The van der Waals surface area contributed by atoms with Gasteiger partial charge < -0.3 is 5.32 Å². The largest absolute Gasteiger partial charge is 0.305 e. The van der Waals surface area contributed by atoms with Gasteiger partial charge in [-0.2, -0.15) is 5.10 Å². The predicted octanol–water partition coefficient (Wildman–Crippen LogP) is 3.40. The van der Waals surface area contributed by atoms with E-state index in [1.54, 1.807) is 11.3 Å². The van der Waals surface area contributed by atoms with Crippen molar-refractivity contribution in [3.8, 4) is 0 Å². The summed E-state index contributed by atoms with van der Waals surface area (Å²) in [7, 11) is 1.97. The lowest BCUT2D eigenvalue weighted by atomic mass is 10.1. The maximum Gasteiger partial charge on any atom is 0.0701 e. The van der Waals surface area contributed by atoms with Gasteiger partial charge in [0.15, 0.2) is 0 Å². The lowest BCUT2D eigenvalue weighted by Gasteiger charge is -2.12. The molecule has 0 saturated carbocycles. The molecular formula is C12H16BrN3S. The van der Waals surface area contributed by atoms with E-state index in [1.165, 1.54) is 19.9 Å². The van der Waals surface area contributed by atoms with Crippen LogP contribution in [-0.4, -0.2) is 9.78 Å². The van der Waals surface area contributed by atoms with Crippen molar-refractivity contribution in [1.82, 2.24) is 15.1 Å². The van der Waals surface area contributed by atoms with Gasteiger partial charge in [-0.05, 0) is 41.9 Å². The summed E-state index contributed by atoms with van der Waals surface area (Å²) >= 11 is 5.24. The summed E-state index contributed by atoms with van der Waals surface area (Å²) in [4.78, 5) is 1.34. The van der Waals surface area contributed by atoms with Crippen molar-refractivity contribution in [2.75, 3.05) is 0 Å². The summed E-state index contributed by atoms with van der Waals surface area (Å²) in [6, 6.07) is 4.55. The monoisotopic (exact) mass is 313 g/mol. The van der Waals surface area contributed by atoms with E-state index in [1.807, 2.05) is 17.9 Å². The molecule has 17 heavy (non-hydrogen) atoms. The van der Waals surface area contributed by atoms with Gasteiger partial charge in [0.2, 0.25) is 0 Å². The molecule has 3 nitrogen and oxygen atoms in total. The highest BCUT2D eigenvalue weighted by Crippen LogP contribution is 2.23. The maximum absolute atomic E-state index is 4.27.